The van der Waals surface area contributed by atoms with E-state index in [2.05, 4.69) is 40.7 Å². The lowest BCUT2D eigenvalue weighted by Gasteiger charge is -2.25. The molecule has 0 radical (unpaired) electrons. The average molecular weight is 257 g/mol. The topological polar surface area (TPSA) is 67.1 Å². The molecule has 98 valence electrons. The molecule has 1 rings (SSSR count). The van der Waals surface area contributed by atoms with E-state index in [9.17, 15) is 0 Å². The molecule has 0 aliphatic heterocycles. The van der Waals surface area contributed by atoms with Gasteiger partial charge in [-0.3, -0.25) is 4.90 Å². The minimum Gasteiger partial charge on any atom is -0.313 e. The molecule has 1 heterocycles. The Hall–Kier alpha value is -0.720. The predicted molar refractivity (Wildman–Crippen MR) is 72.8 cm³/mol. The second-order valence-corrected chi connectivity index (χ2v) is 5.22. The number of hydrogen-bond acceptors (Lipinski definition) is 6. The lowest BCUT2D eigenvalue weighted by atomic mass is 10.2. The maximum absolute atomic E-state index is 5.43. The lowest BCUT2D eigenvalue weighted by Crippen LogP contribution is -2.31. The molecule has 0 saturated carbocycles. The Kier molecular flexibility index (Phi) is 6.39. The minimum atomic E-state index is 0.513. The van der Waals surface area contributed by atoms with Crippen molar-refractivity contribution in [1.29, 1.82) is 0 Å². The average Bonchev–Trinajstić information content (AvgIpc) is 2.75. The molecule has 1 aromatic rings. The van der Waals surface area contributed by atoms with Gasteiger partial charge in [-0.25, -0.2) is 5.84 Å². The van der Waals surface area contributed by atoms with E-state index in [1.165, 1.54) is 30.8 Å². The SMILES string of the molecule is CCCCCN(Cc1nnsc1NN)C(C)C. The summed E-state index contributed by atoms with van der Waals surface area (Å²) in [6, 6.07) is 0.513. The van der Waals surface area contributed by atoms with Gasteiger partial charge in [0.05, 0.1) is 0 Å². The molecule has 0 amide bonds. The van der Waals surface area contributed by atoms with Crippen molar-refractivity contribution in [2.75, 3.05) is 12.0 Å². The Morgan fingerprint density at radius 2 is 2.18 bits per heavy atom. The quantitative estimate of drug-likeness (QED) is 0.425. The molecular formula is C11H23N5S. The Labute approximate surface area is 108 Å². The van der Waals surface area contributed by atoms with E-state index < -0.39 is 0 Å². The molecule has 1 aromatic heterocycles. The molecule has 0 aromatic carbocycles. The number of unbranched alkanes of at least 4 members (excludes halogenated alkanes) is 2. The monoisotopic (exact) mass is 257 g/mol. The van der Waals surface area contributed by atoms with Crippen LogP contribution in [-0.4, -0.2) is 27.1 Å². The number of rotatable bonds is 8. The Morgan fingerprint density at radius 3 is 2.76 bits per heavy atom. The summed E-state index contributed by atoms with van der Waals surface area (Å²) in [6.07, 6.45) is 3.76. The zero-order valence-electron chi connectivity index (χ0n) is 10.9. The van der Waals surface area contributed by atoms with Crippen molar-refractivity contribution in [3.05, 3.63) is 5.69 Å². The molecule has 0 fully saturated rings. The third-order valence-corrected chi connectivity index (χ3v) is 3.52. The molecule has 3 N–H and O–H groups in total. The summed E-state index contributed by atoms with van der Waals surface area (Å²) < 4.78 is 3.92. The van der Waals surface area contributed by atoms with Crippen LogP contribution in [0.1, 0.15) is 45.7 Å². The third-order valence-electron chi connectivity index (χ3n) is 2.82. The van der Waals surface area contributed by atoms with E-state index in [4.69, 9.17) is 5.84 Å². The Morgan fingerprint density at radius 1 is 1.41 bits per heavy atom. The standard InChI is InChI=1S/C11H23N5S/c1-4-5-6-7-16(9(2)3)8-10-11(13-12)17-15-14-10/h9,13H,4-8,12H2,1-3H3. The summed E-state index contributed by atoms with van der Waals surface area (Å²) >= 11 is 1.31. The molecule has 5 nitrogen and oxygen atoms in total. The predicted octanol–water partition coefficient (Wildman–Crippen LogP) is 2.22. The van der Waals surface area contributed by atoms with E-state index in [0.717, 1.165) is 23.8 Å². The van der Waals surface area contributed by atoms with Crippen LogP contribution in [0.2, 0.25) is 0 Å². The number of nitrogen functional groups attached to an aromatic ring is 1. The first kappa shape index (κ1) is 14.3. The maximum Gasteiger partial charge on any atom is 0.148 e. The molecule has 0 unspecified atom stereocenters. The summed E-state index contributed by atoms with van der Waals surface area (Å²) in [4.78, 5) is 2.41. The molecule has 0 atom stereocenters. The highest BCUT2D eigenvalue weighted by atomic mass is 32.1. The first-order valence-corrected chi connectivity index (χ1v) is 6.98. The number of nitrogens with two attached hydrogens (primary N) is 1. The maximum atomic E-state index is 5.43. The van der Waals surface area contributed by atoms with Crippen LogP contribution in [0.15, 0.2) is 0 Å². The Balaban J connectivity index is 2.54. The highest BCUT2D eigenvalue weighted by Crippen LogP contribution is 2.19. The summed E-state index contributed by atoms with van der Waals surface area (Å²) in [5.74, 6) is 5.43. The largest absolute Gasteiger partial charge is 0.313 e. The van der Waals surface area contributed by atoms with Crippen LogP contribution in [0, 0.1) is 0 Å². The summed E-state index contributed by atoms with van der Waals surface area (Å²) in [7, 11) is 0. The van der Waals surface area contributed by atoms with E-state index in [-0.39, 0.29) is 0 Å². The molecule has 6 heteroatoms. The highest BCUT2D eigenvalue weighted by molar-refractivity contribution is 7.10. The van der Waals surface area contributed by atoms with Gasteiger partial charge in [-0.1, -0.05) is 24.3 Å². The highest BCUT2D eigenvalue weighted by Gasteiger charge is 2.14. The van der Waals surface area contributed by atoms with Gasteiger partial charge in [-0.15, -0.1) is 5.10 Å². The van der Waals surface area contributed by atoms with Crippen molar-refractivity contribution in [3.63, 3.8) is 0 Å². The van der Waals surface area contributed by atoms with Crippen LogP contribution in [0.25, 0.3) is 0 Å². The van der Waals surface area contributed by atoms with Gasteiger partial charge in [0.1, 0.15) is 10.7 Å². The van der Waals surface area contributed by atoms with Crippen molar-refractivity contribution in [2.24, 2.45) is 5.84 Å². The summed E-state index contributed by atoms with van der Waals surface area (Å²) in [5.41, 5.74) is 3.60. The fourth-order valence-electron chi connectivity index (χ4n) is 1.70. The fourth-order valence-corrected chi connectivity index (χ4v) is 2.18. The van der Waals surface area contributed by atoms with Crippen LogP contribution >= 0.6 is 11.5 Å². The van der Waals surface area contributed by atoms with Crippen LogP contribution in [0.3, 0.4) is 0 Å². The van der Waals surface area contributed by atoms with Crippen LogP contribution in [-0.2, 0) is 6.54 Å². The smallest absolute Gasteiger partial charge is 0.148 e. The van der Waals surface area contributed by atoms with Gasteiger partial charge in [0.15, 0.2) is 0 Å². The summed E-state index contributed by atoms with van der Waals surface area (Å²) in [5, 5.41) is 4.99. The van der Waals surface area contributed by atoms with Gasteiger partial charge >= 0.3 is 0 Å². The zero-order chi connectivity index (χ0) is 12.7. The molecule has 0 spiro atoms. The van der Waals surface area contributed by atoms with Crippen molar-refractivity contribution < 1.29 is 0 Å². The second-order valence-electron chi connectivity index (χ2n) is 4.46. The van der Waals surface area contributed by atoms with Gasteiger partial charge < -0.3 is 5.43 Å². The molecule has 0 aliphatic rings. The Bertz CT molecular complexity index is 313. The van der Waals surface area contributed by atoms with E-state index in [0.29, 0.717) is 6.04 Å². The number of nitrogens with one attached hydrogen (secondary N) is 1. The van der Waals surface area contributed by atoms with Crippen molar-refractivity contribution in [1.82, 2.24) is 14.5 Å². The van der Waals surface area contributed by atoms with E-state index in [1.807, 2.05) is 0 Å². The van der Waals surface area contributed by atoms with Crippen molar-refractivity contribution >= 4 is 16.5 Å². The van der Waals surface area contributed by atoms with E-state index in [1.54, 1.807) is 0 Å². The van der Waals surface area contributed by atoms with Crippen LogP contribution in [0.5, 0.6) is 0 Å². The van der Waals surface area contributed by atoms with Gasteiger partial charge in [0, 0.05) is 24.1 Å². The molecule has 0 aliphatic carbocycles. The van der Waals surface area contributed by atoms with Gasteiger partial charge in [0.2, 0.25) is 0 Å². The van der Waals surface area contributed by atoms with Gasteiger partial charge in [-0.05, 0) is 26.8 Å². The number of hydrogen-bond donors (Lipinski definition) is 2. The molecule has 0 saturated heterocycles. The first-order chi connectivity index (χ1) is 8.19. The zero-order valence-corrected chi connectivity index (χ0v) is 11.8. The lowest BCUT2D eigenvalue weighted by molar-refractivity contribution is 0.206. The fraction of sp³-hybridized carbons (Fsp3) is 0.818. The minimum absolute atomic E-state index is 0.513. The third kappa shape index (κ3) is 4.57. The van der Waals surface area contributed by atoms with Crippen LogP contribution < -0.4 is 11.3 Å². The van der Waals surface area contributed by atoms with E-state index >= 15 is 0 Å². The van der Waals surface area contributed by atoms with Crippen molar-refractivity contribution in [3.8, 4) is 0 Å². The molecular weight excluding hydrogens is 234 g/mol. The van der Waals surface area contributed by atoms with Crippen LogP contribution in [0.4, 0.5) is 5.00 Å². The van der Waals surface area contributed by atoms with Crippen molar-refractivity contribution in [2.45, 2.75) is 52.6 Å². The number of hydrazine groups is 1. The normalized spacial score (nSPS) is 11.4. The molecule has 0 bridgehead atoms. The summed E-state index contributed by atoms with van der Waals surface area (Å²) in [6.45, 7) is 8.56. The van der Waals surface area contributed by atoms with Gasteiger partial charge in [0.25, 0.3) is 0 Å². The molecule has 17 heavy (non-hydrogen) atoms. The number of anilines is 1. The second kappa shape index (κ2) is 7.58. The van der Waals surface area contributed by atoms with Gasteiger partial charge in [-0.2, -0.15) is 0 Å². The first-order valence-electron chi connectivity index (χ1n) is 6.20. The number of aromatic nitrogens is 2. The number of nitrogens with zero attached hydrogens (tertiary/aromatic N) is 3.